The number of hydrogen-bond acceptors (Lipinski definition) is 3. The van der Waals surface area contributed by atoms with Crippen LogP contribution >= 0.6 is 0 Å². The number of primary amides is 1. The maximum atomic E-state index is 13.2. The van der Waals surface area contributed by atoms with E-state index in [4.69, 9.17) is 12.2 Å². The fourth-order valence-electron chi connectivity index (χ4n) is 1.39. The summed E-state index contributed by atoms with van der Waals surface area (Å²) in [4.78, 5) is 11.1. The summed E-state index contributed by atoms with van der Waals surface area (Å²) in [6.07, 6.45) is 5.15. The SMILES string of the molecule is C#Cc1cc(-c2n[nH]nc2C(N)=O)ccc1F. The van der Waals surface area contributed by atoms with E-state index >= 15 is 0 Å². The first-order valence-electron chi connectivity index (χ1n) is 4.60. The van der Waals surface area contributed by atoms with Crippen molar-refractivity contribution in [3.63, 3.8) is 0 Å². The highest BCUT2D eigenvalue weighted by Gasteiger charge is 2.15. The molecule has 2 rings (SSSR count). The summed E-state index contributed by atoms with van der Waals surface area (Å²) in [5.74, 6) is 0.961. The number of nitrogens with zero attached hydrogens (tertiary/aromatic N) is 2. The summed E-state index contributed by atoms with van der Waals surface area (Å²) in [6, 6.07) is 4.05. The highest BCUT2D eigenvalue weighted by atomic mass is 19.1. The summed E-state index contributed by atoms with van der Waals surface area (Å²) < 4.78 is 13.2. The Labute approximate surface area is 95.8 Å². The van der Waals surface area contributed by atoms with Crippen molar-refractivity contribution in [3.8, 4) is 23.6 Å². The van der Waals surface area contributed by atoms with Gasteiger partial charge in [-0.15, -0.1) is 6.42 Å². The molecular formula is C11H7FN4O. The van der Waals surface area contributed by atoms with Crippen molar-refractivity contribution in [3.05, 3.63) is 35.3 Å². The molecule has 0 spiro atoms. The number of aromatic amines is 1. The number of hydrogen-bond donors (Lipinski definition) is 2. The van der Waals surface area contributed by atoms with Crippen LogP contribution in [0.4, 0.5) is 4.39 Å². The van der Waals surface area contributed by atoms with Crippen molar-refractivity contribution in [2.45, 2.75) is 0 Å². The first-order chi connectivity index (χ1) is 8.13. The van der Waals surface area contributed by atoms with E-state index in [1.165, 1.54) is 18.2 Å². The van der Waals surface area contributed by atoms with Crippen LogP contribution in [0.25, 0.3) is 11.3 Å². The molecule has 1 heterocycles. The second-order valence-electron chi connectivity index (χ2n) is 3.22. The Morgan fingerprint density at radius 2 is 2.24 bits per heavy atom. The maximum absolute atomic E-state index is 13.2. The van der Waals surface area contributed by atoms with Gasteiger partial charge in [0, 0.05) is 5.56 Å². The summed E-state index contributed by atoms with van der Waals surface area (Å²) in [6.45, 7) is 0. The lowest BCUT2D eigenvalue weighted by Crippen LogP contribution is -2.12. The maximum Gasteiger partial charge on any atom is 0.271 e. The smallest absolute Gasteiger partial charge is 0.271 e. The summed E-state index contributed by atoms with van der Waals surface area (Å²) in [5, 5.41) is 9.68. The Balaban J connectivity index is 2.58. The molecule has 0 saturated carbocycles. The number of carbonyl (C=O) groups excluding carboxylic acids is 1. The van der Waals surface area contributed by atoms with E-state index in [0.717, 1.165) is 0 Å². The zero-order valence-electron chi connectivity index (χ0n) is 8.57. The Morgan fingerprint density at radius 1 is 1.47 bits per heavy atom. The van der Waals surface area contributed by atoms with Gasteiger partial charge in [0.1, 0.15) is 11.5 Å². The molecular weight excluding hydrogens is 223 g/mol. The number of nitrogens with two attached hydrogens (primary N) is 1. The topological polar surface area (TPSA) is 84.7 Å². The van der Waals surface area contributed by atoms with Gasteiger partial charge in [-0.25, -0.2) is 4.39 Å². The Kier molecular flexibility index (Phi) is 2.58. The van der Waals surface area contributed by atoms with Gasteiger partial charge in [-0.3, -0.25) is 4.79 Å². The largest absolute Gasteiger partial charge is 0.364 e. The summed E-state index contributed by atoms with van der Waals surface area (Å²) >= 11 is 0. The Hall–Kier alpha value is -2.68. The molecule has 0 aliphatic rings. The lowest BCUT2D eigenvalue weighted by molar-refractivity contribution is 0.0996. The fourth-order valence-corrected chi connectivity index (χ4v) is 1.39. The van der Waals surface area contributed by atoms with Gasteiger partial charge < -0.3 is 5.73 Å². The molecule has 0 saturated heterocycles. The molecule has 0 aliphatic heterocycles. The number of halogens is 1. The molecule has 0 bridgehead atoms. The molecule has 0 atom stereocenters. The van der Waals surface area contributed by atoms with Crippen LogP contribution in [0, 0.1) is 18.2 Å². The van der Waals surface area contributed by atoms with Crippen LogP contribution in [0.5, 0.6) is 0 Å². The second-order valence-corrected chi connectivity index (χ2v) is 3.22. The molecule has 0 radical (unpaired) electrons. The van der Waals surface area contributed by atoms with Gasteiger partial charge in [0.05, 0.1) is 5.56 Å². The van der Waals surface area contributed by atoms with E-state index in [1.807, 2.05) is 0 Å². The molecule has 1 amide bonds. The van der Waals surface area contributed by atoms with E-state index in [2.05, 4.69) is 21.3 Å². The minimum atomic E-state index is -0.722. The van der Waals surface area contributed by atoms with Crippen LogP contribution in [-0.4, -0.2) is 21.3 Å². The molecule has 6 heteroatoms. The monoisotopic (exact) mass is 230 g/mol. The predicted molar refractivity (Wildman–Crippen MR) is 58.2 cm³/mol. The standard InChI is InChI=1S/C11H7FN4O/c1-2-6-5-7(3-4-8(6)12)9-10(11(13)17)15-16-14-9/h1,3-5H,(H2,13,17)(H,14,15,16). The third-order valence-corrected chi connectivity index (χ3v) is 2.18. The molecule has 1 aromatic carbocycles. The molecule has 17 heavy (non-hydrogen) atoms. The van der Waals surface area contributed by atoms with Crippen LogP contribution in [0.1, 0.15) is 16.1 Å². The molecule has 0 unspecified atom stereocenters. The average Bonchev–Trinajstić information content (AvgIpc) is 2.78. The lowest BCUT2D eigenvalue weighted by atomic mass is 10.1. The fraction of sp³-hybridized carbons (Fsp3) is 0. The van der Waals surface area contributed by atoms with E-state index in [-0.39, 0.29) is 17.0 Å². The van der Waals surface area contributed by atoms with Crippen LogP contribution in [0.3, 0.4) is 0 Å². The number of carbonyl (C=O) groups is 1. The number of amides is 1. The highest BCUT2D eigenvalue weighted by molar-refractivity contribution is 5.96. The van der Waals surface area contributed by atoms with Gasteiger partial charge in [0.15, 0.2) is 5.69 Å². The number of rotatable bonds is 2. The summed E-state index contributed by atoms with van der Waals surface area (Å²) in [7, 11) is 0. The minimum absolute atomic E-state index is 0.0143. The normalized spacial score (nSPS) is 9.88. The van der Waals surface area contributed by atoms with Crippen LogP contribution < -0.4 is 5.73 Å². The van der Waals surface area contributed by atoms with Gasteiger partial charge >= 0.3 is 0 Å². The van der Waals surface area contributed by atoms with Crippen molar-refractivity contribution in [1.82, 2.24) is 15.4 Å². The zero-order valence-corrected chi connectivity index (χ0v) is 8.57. The molecule has 84 valence electrons. The van der Waals surface area contributed by atoms with E-state index < -0.39 is 11.7 Å². The average molecular weight is 230 g/mol. The number of H-pyrrole nitrogens is 1. The van der Waals surface area contributed by atoms with Crippen molar-refractivity contribution in [1.29, 1.82) is 0 Å². The van der Waals surface area contributed by atoms with E-state index in [0.29, 0.717) is 5.56 Å². The highest BCUT2D eigenvalue weighted by Crippen LogP contribution is 2.21. The van der Waals surface area contributed by atoms with Gasteiger partial charge in [-0.1, -0.05) is 5.92 Å². The number of terminal acetylenes is 1. The van der Waals surface area contributed by atoms with Crippen LogP contribution in [-0.2, 0) is 0 Å². The third-order valence-electron chi connectivity index (χ3n) is 2.18. The van der Waals surface area contributed by atoms with Gasteiger partial charge in [-0.05, 0) is 18.2 Å². The van der Waals surface area contributed by atoms with Crippen LogP contribution in [0.2, 0.25) is 0 Å². The first-order valence-corrected chi connectivity index (χ1v) is 4.60. The molecule has 1 aromatic heterocycles. The summed E-state index contributed by atoms with van der Waals surface area (Å²) in [5.41, 5.74) is 5.91. The number of aromatic nitrogens is 3. The Bertz CT molecular complexity index is 627. The van der Waals surface area contributed by atoms with Gasteiger partial charge in [0.2, 0.25) is 0 Å². The quantitative estimate of drug-likeness (QED) is 0.744. The molecule has 3 N–H and O–H groups in total. The minimum Gasteiger partial charge on any atom is -0.364 e. The van der Waals surface area contributed by atoms with Gasteiger partial charge in [-0.2, -0.15) is 15.4 Å². The van der Waals surface area contributed by atoms with Gasteiger partial charge in [0.25, 0.3) is 5.91 Å². The van der Waals surface area contributed by atoms with Crippen molar-refractivity contribution in [2.24, 2.45) is 5.73 Å². The molecule has 0 fully saturated rings. The lowest BCUT2D eigenvalue weighted by Gasteiger charge is -2.00. The van der Waals surface area contributed by atoms with Crippen molar-refractivity contribution < 1.29 is 9.18 Å². The van der Waals surface area contributed by atoms with Crippen LogP contribution in [0.15, 0.2) is 18.2 Å². The second kappa shape index (κ2) is 4.06. The molecule has 5 nitrogen and oxygen atoms in total. The van der Waals surface area contributed by atoms with E-state index in [1.54, 1.807) is 0 Å². The predicted octanol–water partition coefficient (Wildman–Crippen LogP) is 0.691. The zero-order chi connectivity index (χ0) is 12.4. The number of nitrogens with one attached hydrogen (secondary N) is 1. The van der Waals surface area contributed by atoms with Crippen molar-refractivity contribution in [2.75, 3.05) is 0 Å². The first kappa shape index (κ1) is 10.8. The molecule has 2 aromatic rings. The van der Waals surface area contributed by atoms with E-state index in [9.17, 15) is 9.18 Å². The third kappa shape index (κ3) is 1.86. The molecule has 0 aliphatic carbocycles. The number of benzene rings is 1. The Morgan fingerprint density at radius 3 is 2.88 bits per heavy atom. The van der Waals surface area contributed by atoms with Crippen molar-refractivity contribution >= 4 is 5.91 Å².